The van der Waals surface area contributed by atoms with Crippen molar-refractivity contribution in [1.29, 1.82) is 0 Å². The third-order valence-corrected chi connectivity index (χ3v) is 4.53. The fourth-order valence-electron chi connectivity index (χ4n) is 3.30. The number of carbonyl (C=O) groups excluding carboxylic acids is 1. The van der Waals surface area contributed by atoms with Gasteiger partial charge in [0.15, 0.2) is 0 Å². The number of nitrogens with zero attached hydrogens (tertiary/aromatic N) is 4. The van der Waals surface area contributed by atoms with E-state index in [2.05, 4.69) is 10.3 Å². The van der Waals surface area contributed by atoms with Crippen LogP contribution in [0.2, 0.25) is 0 Å². The first-order chi connectivity index (χ1) is 11.3. The summed E-state index contributed by atoms with van der Waals surface area (Å²) in [6, 6.07) is 7.28. The Hall–Kier alpha value is -2.41. The van der Waals surface area contributed by atoms with Crippen molar-refractivity contribution in [2.75, 3.05) is 20.2 Å². The zero-order chi connectivity index (χ0) is 15.8. The molecule has 1 saturated heterocycles. The minimum atomic E-state index is 0.00888. The molecule has 7 nitrogen and oxygen atoms in total. The summed E-state index contributed by atoms with van der Waals surface area (Å²) in [6.45, 7) is 1.80. The molecule has 0 radical (unpaired) electrons. The second kappa shape index (κ2) is 5.66. The van der Waals surface area contributed by atoms with E-state index < -0.39 is 0 Å². The lowest BCUT2D eigenvalue weighted by Gasteiger charge is -2.41. The molecule has 2 aliphatic rings. The largest absolute Gasteiger partial charge is 0.497 e. The van der Waals surface area contributed by atoms with E-state index in [1.807, 2.05) is 27.8 Å². The molecule has 3 heterocycles. The third-order valence-electron chi connectivity index (χ3n) is 4.53. The van der Waals surface area contributed by atoms with Crippen LogP contribution < -0.4 is 4.74 Å². The van der Waals surface area contributed by atoms with Crippen LogP contribution in [-0.4, -0.2) is 52.1 Å². The SMILES string of the molecule is COc1cccc(C(=O)N2CCC3OCc4cnnn4C3C2)c1. The molecular formula is C16H18N4O3. The average Bonchev–Trinajstić information content (AvgIpc) is 3.10. The van der Waals surface area contributed by atoms with Crippen LogP contribution in [0.1, 0.15) is 28.5 Å². The van der Waals surface area contributed by atoms with Crippen LogP contribution >= 0.6 is 0 Å². The predicted octanol–water partition coefficient (Wildman–Crippen LogP) is 1.27. The van der Waals surface area contributed by atoms with E-state index >= 15 is 0 Å². The highest BCUT2D eigenvalue weighted by Crippen LogP contribution is 2.30. The highest BCUT2D eigenvalue weighted by atomic mass is 16.5. The van der Waals surface area contributed by atoms with Crippen molar-refractivity contribution < 1.29 is 14.3 Å². The number of piperidine rings is 1. The summed E-state index contributed by atoms with van der Waals surface area (Å²) in [7, 11) is 1.60. The smallest absolute Gasteiger partial charge is 0.254 e. The maximum Gasteiger partial charge on any atom is 0.254 e. The van der Waals surface area contributed by atoms with Crippen LogP contribution in [0, 0.1) is 0 Å². The Morgan fingerprint density at radius 1 is 1.43 bits per heavy atom. The zero-order valence-electron chi connectivity index (χ0n) is 12.9. The molecule has 1 fully saturated rings. The van der Waals surface area contributed by atoms with Crippen molar-refractivity contribution in [2.45, 2.75) is 25.2 Å². The van der Waals surface area contributed by atoms with Crippen molar-refractivity contribution in [2.24, 2.45) is 0 Å². The summed E-state index contributed by atoms with van der Waals surface area (Å²) < 4.78 is 13.0. The minimum Gasteiger partial charge on any atom is -0.497 e. The number of rotatable bonds is 2. The molecule has 0 N–H and O–H groups in total. The number of amides is 1. The number of hydrogen-bond donors (Lipinski definition) is 0. The topological polar surface area (TPSA) is 69.5 Å². The number of benzene rings is 1. The van der Waals surface area contributed by atoms with Crippen LogP contribution in [0.25, 0.3) is 0 Å². The monoisotopic (exact) mass is 314 g/mol. The maximum absolute atomic E-state index is 12.8. The molecule has 2 unspecified atom stereocenters. The van der Waals surface area contributed by atoms with Gasteiger partial charge in [-0.25, -0.2) is 4.68 Å². The fraction of sp³-hybridized carbons (Fsp3) is 0.438. The van der Waals surface area contributed by atoms with Gasteiger partial charge < -0.3 is 14.4 Å². The van der Waals surface area contributed by atoms with Crippen molar-refractivity contribution in [3.8, 4) is 5.75 Å². The first-order valence-electron chi connectivity index (χ1n) is 7.70. The lowest BCUT2D eigenvalue weighted by molar-refractivity contribution is -0.0605. The Balaban J connectivity index is 1.56. The van der Waals surface area contributed by atoms with Gasteiger partial charge >= 0.3 is 0 Å². The van der Waals surface area contributed by atoms with Gasteiger partial charge in [0, 0.05) is 18.7 Å². The normalized spacial score (nSPS) is 23.1. The van der Waals surface area contributed by atoms with Crippen LogP contribution in [0.4, 0.5) is 0 Å². The van der Waals surface area contributed by atoms with Gasteiger partial charge in [0.2, 0.25) is 0 Å². The molecule has 2 atom stereocenters. The van der Waals surface area contributed by atoms with E-state index in [4.69, 9.17) is 9.47 Å². The molecule has 1 amide bonds. The van der Waals surface area contributed by atoms with Gasteiger partial charge in [0.25, 0.3) is 5.91 Å². The quantitative estimate of drug-likeness (QED) is 0.835. The molecule has 120 valence electrons. The molecule has 1 aromatic heterocycles. The van der Waals surface area contributed by atoms with Gasteiger partial charge in [-0.05, 0) is 24.6 Å². The van der Waals surface area contributed by atoms with Crippen LogP contribution in [0.5, 0.6) is 5.75 Å². The molecular weight excluding hydrogens is 296 g/mol. The minimum absolute atomic E-state index is 0.00888. The Labute approximate surface area is 133 Å². The van der Waals surface area contributed by atoms with Gasteiger partial charge in [-0.2, -0.15) is 0 Å². The van der Waals surface area contributed by atoms with Gasteiger partial charge in [-0.15, -0.1) is 5.10 Å². The van der Waals surface area contributed by atoms with E-state index in [1.54, 1.807) is 19.4 Å². The molecule has 7 heteroatoms. The number of fused-ring (bicyclic) bond motifs is 3. The molecule has 0 spiro atoms. The molecule has 0 aliphatic carbocycles. The van der Waals surface area contributed by atoms with Gasteiger partial charge in [0.05, 0.1) is 37.8 Å². The number of likely N-dealkylation sites (tertiary alicyclic amines) is 1. The molecule has 4 rings (SSSR count). The van der Waals surface area contributed by atoms with E-state index in [-0.39, 0.29) is 18.1 Å². The summed E-state index contributed by atoms with van der Waals surface area (Å²) >= 11 is 0. The number of carbonyl (C=O) groups is 1. The van der Waals surface area contributed by atoms with Crippen molar-refractivity contribution in [3.63, 3.8) is 0 Å². The fourth-order valence-corrected chi connectivity index (χ4v) is 3.30. The van der Waals surface area contributed by atoms with Crippen LogP contribution in [0.3, 0.4) is 0 Å². The first kappa shape index (κ1) is 14.2. The summed E-state index contributed by atoms with van der Waals surface area (Å²) in [5.41, 5.74) is 1.60. The molecule has 0 bridgehead atoms. The van der Waals surface area contributed by atoms with Crippen molar-refractivity contribution in [1.82, 2.24) is 19.9 Å². The molecule has 0 saturated carbocycles. The standard InChI is InChI=1S/C16H18N4O3/c1-22-13-4-2-3-11(7-13)16(21)19-6-5-15-14(9-19)20-12(10-23-15)8-17-18-20/h2-4,7-8,14-15H,5-6,9-10H2,1H3. The van der Waals surface area contributed by atoms with Gasteiger partial charge in [-0.1, -0.05) is 11.3 Å². The number of methoxy groups -OCH3 is 1. The average molecular weight is 314 g/mol. The van der Waals surface area contributed by atoms with E-state index in [0.29, 0.717) is 31.0 Å². The predicted molar refractivity (Wildman–Crippen MR) is 81.2 cm³/mol. The van der Waals surface area contributed by atoms with Gasteiger partial charge in [0.1, 0.15) is 5.75 Å². The number of hydrogen-bond acceptors (Lipinski definition) is 5. The molecule has 2 aromatic rings. The summed E-state index contributed by atoms with van der Waals surface area (Å²) in [5, 5.41) is 8.12. The first-order valence-corrected chi connectivity index (χ1v) is 7.70. The highest BCUT2D eigenvalue weighted by molar-refractivity contribution is 5.94. The lowest BCUT2D eigenvalue weighted by Crippen LogP contribution is -2.49. The summed E-state index contributed by atoms with van der Waals surface area (Å²) in [4.78, 5) is 14.6. The number of ether oxygens (including phenoxy) is 2. The van der Waals surface area contributed by atoms with Crippen molar-refractivity contribution >= 4 is 5.91 Å². The Morgan fingerprint density at radius 2 is 2.35 bits per heavy atom. The maximum atomic E-state index is 12.8. The summed E-state index contributed by atoms with van der Waals surface area (Å²) in [6.07, 6.45) is 2.62. The second-order valence-electron chi connectivity index (χ2n) is 5.86. The zero-order valence-corrected chi connectivity index (χ0v) is 12.9. The Kier molecular flexibility index (Phi) is 3.49. The van der Waals surface area contributed by atoms with E-state index in [1.165, 1.54) is 0 Å². The Bertz CT molecular complexity index is 730. The second-order valence-corrected chi connectivity index (χ2v) is 5.86. The summed E-state index contributed by atoms with van der Waals surface area (Å²) in [5.74, 6) is 0.694. The van der Waals surface area contributed by atoms with Crippen LogP contribution in [-0.2, 0) is 11.3 Å². The Morgan fingerprint density at radius 3 is 3.22 bits per heavy atom. The third kappa shape index (κ3) is 2.46. The highest BCUT2D eigenvalue weighted by Gasteiger charge is 2.38. The number of aromatic nitrogens is 3. The van der Waals surface area contributed by atoms with E-state index in [0.717, 1.165) is 12.1 Å². The van der Waals surface area contributed by atoms with Crippen molar-refractivity contribution in [3.05, 3.63) is 41.7 Å². The molecule has 23 heavy (non-hydrogen) atoms. The van der Waals surface area contributed by atoms with Crippen LogP contribution in [0.15, 0.2) is 30.5 Å². The molecule has 1 aromatic carbocycles. The van der Waals surface area contributed by atoms with E-state index in [9.17, 15) is 4.79 Å². The molecule has 2 aliphatic heterocycles. The van der Waals surface area contributed by atoms with Gasteiger partial charge in [-0.3, -0.25) is 4.79 Å². The lowest BCUT2D eigenvalue weighted by atomic mass is 9.99.